The first-order chi connectivity index (χ1) is 16.7. The predicted octanol–water partition coefficient (Wildman–Crippen LogP) is 8.42. The molecule has 5 rings (SSSR count). The summed E-state index contributed by atoms with van der Waals surface area (Å²) >= 11 is 1.81. The molecular formula is C29H33Cl2O3SiTi-3. The molecule has 0 amide bonds. The van der Waals surface area contributed by atoms with Crippen molar-refractivity contribution in [2.45, 2.75) is 13.8 Å². The molecule has 7 heteroatoms. The van der Waals surface area contributed by atoms with Crippen LogP contribution in [-0.2, 0) is 19.2 Å². The van der Waals surface area contributed by atoms with E-state index in [0.717, 1.165) is 22.3 Å². The van der Waals surface area contributed by atoms with Crippen LogP contribution in [0.2, 0.25) is 0 Å². The van der Waals surface area contributed by atoms with Gasteiger partial charge in [-0.05, 0) is 22.9 Å². The van der Waals surface area contributed by atoms with E-state index in [2.05, 4.69) is 51.8 Å². The van der Waals surface area contributed by atoms with E-state index in [1.807, 2.05) is 42.5 Å². The molecule has 0 aromatic heterocycles. The molecule has 0 aliphatic heterocycles. The van der Waals surface area contributed by atoms with Crippen molar-refractivity contribution in [3.05, 3.63) is 98.8 Å². The monoisotopic (exact) mass is 575 g/mol. The number of hydrogen-bond donors (Lipinski definition) is 1. The second-order valence-corrected chi connectivity index (χ2v) is 6.58. The summed E-state index contributed by atoms with van der Waals surface area (Å²) in [6, 6.07) is 27.8. The predicted molar refractivity (Wildman–Crippen MR) is 158 cm³/mol. The van der Waals surface area contributed by atoms with Crippen molar-refractivity contribution in [1.29, 1.82) is 0 Å². The van der Waals surface area contributed by atoms with Gasteiger partial charge in [0.05, 0.1) is 14.2 Å². The summed E-state index contributed by atoms with van der Waals surface area (Å²) in [5, 5.41) is 16.2. The number of methoxy groups -OCH3 is 2. The molecule has 3 nitrogen and oxygen atoms in total. The Morgan fingerprint density at radius 1 is 0.667 bits per heavy atom. The van der Waals surface area contributed by atoms with Crippen molar-refractivity contribution in [3.63, 3.8) is 0 Å². The molecule has 0 saturated carbocycles. The van der Waals surface area contributed by atoms with Gasteiger partial charge in [0.25, 0.3) is 0 Å². The van der Waals surface area contributed by atoms with Gasteiger partial charge in [0.2, 0.25) is 0 Å². The van der Waals surface area contributed by atoms with E-state index in [0.29, 0.717) is 5.75 Å². The van der Waals surface area contributed by atoms with Gasteiger partial charge >= 0.3 is 26.8 Å². The Hall–Kier alpha value is -2.08. The van der Waals surface area contributed by atoms with Crippen LogP contribution in [-0.4, -0.2) is 27.0 Å². The average Bonchev–Trinajstić information content (AvgIpc) is 3.29. The Labute approximate surface area is 241 Å². The molecule has 0 saturated heterocycles. The van der Waals surface area contributed by atoms with Crippen LogP contribution in [0.4, 0.5) is 0 Å². The summed E-state index contributed by atoms with van der Waals surface area (Å²) in [5.74, 6) is 2.09. The molecule has 1 N–H and O–H groups in total. The first-order valence-corrected chi connectivity index (χ1v) is 13.6. The summed E-state index contributed by atoms with van der Waals surface area (Å²) in [6.07, 6.45) is 0. The van der Waals surface area contributed by atoms with E-state index in [4.69, 9.17) is 14.6 Å². The zero-order valence-corrected chi connectivity index (χ0v) is 25.3. The van der Waals surface area contributed by atoms with Gasteiger partial charge in [-0.3, -0.25) is 0 Å². The van der Waals surface area contributed by atoms with Crippen molar-refractivity contribution in [2.24, 2.45) is 0 Å². The number of phenolic OH excluding ortho intramolecular Hbond substituents is 1. The maximum atomic E-state index is 9.13. The Bertz CT molecular complexity index is 1230. The molecule has 5 aromatic rings. The van der Waals surface area contributed by atoms with Crippen LogP contribution in [0.5, 0.6) is 17.2 Å². The van der Waals surface area contributed by atoms with Crippen molar-refractivity contribution >= 4 is 64.8 Å². The Kier molecular flexibility index (Phi) is 20.1. The molecule has 192 valence electrons. The number of ether oxygens (including phenoxy) is 2. The summed E-state index contributed by atoms with van der Waals surface area (Å²) in [5.41, 5.74) is 0. The molecule has 36 heavy (non-hydrogen) atoms. The number of halogens is 2. The van der Waals surface area contributed by atoms with Gasteiger partial charge in [-0.15, -0.1) is 64.6 Å². The van der Waals surface area contributed by atoms with Crippen LogP contribution >= 0.6 is 24.8 Å². The normalized spacial score (nSPS) is 8.69. The zero-order valence-electron chi connectivity index (χ0n) is 21.1. The number of fused-ring (bicyclic) bond motifs is 4. The number of phenols is 1. The first kappa shape index (κ1) is 36.1. The van der Waals surface area contributed by atoms with Gasteiger partial charge in [-0.2, -0.15) is 13.8 Å². The third-order valence-electron chi connectivity index (χ3n) is 4.86. The third kappa shape index (κ3) is 9.76. The number of rotatable bonds is 2. The van der Waals surface area contributed by atoms with E-state index < -0.39 is 0 Å². The maximum absolute atomic E-state index is 9.13. The quantitative estimate of drug-likeness (QED) is 0.169. The molecule has 0 atom stereocenters. The number of benzene rings is 4. The summed E-state index contributed by atoms with van der Waals surface area (Å²) in [7, 11) is 6.35. The molecule has 0 unspecified atom stereocenters. The van der Waals surface area contributed by atoms with E-state index >= 15 is 0 Å². The van der Waals surface area contributed by atoms with Crippen LogP contribution in [0.1, 0.15) is 13.8 Å². The summed E-state index contributed by atoms with van der Waals surface area (Å²) in [4.78, 5) is 0. The van der Waals surface area contributed by atoms with Crippen molar-refractivity contribution in [1.82, 2.24) is 0 Å². The molecule has 0 heterocycles. The van der Waals surface area contributed by atoms with Crippen LogP contribution in [0.25, 0.3) is 32.3 Å². The minimum absolute atomic E-state index is 0. The fraction of sp³-hybridized carbons (Fsp3) is 0.138. The fourth-order valence-electron chi connectivity index (χ4n) is 3.39. The summed E-state index contributed by atoms with van der Waals surface area (Å²) in [6.45, 7) is 10.0. The van der Waals surface area contributed by atoms with E-state index in [1.54, 1.807) is 59.4 Å². The van der Waals surface area contributed by atoms with Crippen LogP contribution in [0.3, 0.4) is 0 Å². The second kappa shape index (κ2) is 20.0. The second-order valence-electron chi connectivity index (χ2n) is 6.58. The molecule has 0 fully saturated rings. The van der Waals surface area contributed by atoms with E-state index in [9.17, 15) is 0 Å². The van der Waals surface area contributed by atoms with Crippen molar-refractivity contribution in [3.8, 4) is 17.2 Å². The van der Waals surface area contributed by atoms with Gasteiger partial charge in [0, 0.05) is 0 Å². The van der Waals surface area contributed by atoms with Gasteiger partial charge in [0.1, 0.15) is 17.2 Å². The molecule has 0 bridgehead atoms. The topological polar surface area (TPSA) is 38.7 Å². The van der Waals surface area contributed by atoms with Crippen molar-refractivity contribution in [2.75, 3.05) is 14.2 Å². The van der Waals surface area contributed by atoms with Crippen LogP contribution in [0, 0.1) is 13.8 Å². The fourth-order valence-corrected chi connectivity index (χ4v) is 3.39. The van der Waals surface area contributed by atoms with Crippen LogP contribution in [0.15, 0.2) is 84.9 Å². The Balaban J connectivity index is 0. The number of hydrogen-bond acceptors (Lipinski definition) is 3. The molecule has 5 aromatic carbocycles. The first-order valence-electron chi connectivity index (χ1n) is 10.7. The molecule has 0 aliphatic carbocycles. The van der Waals surface area contributed by atoms with E-state index in [1.165, 1.54) is 21.5 Å². The average molecular weight is 576 g/mol. The summed E-state index contributed by atoms with van der Waals surface area (Å²) < 4.78 is 10.5. The molecule has 2 radical (unpaired) electrons. The van der Waals surface area contributed by atoms with Gasteiger partial charge < -0.3 is 28.4 Å². The SMILES string of the molecule is COc1ccc2[cH-]c3ccc(OC)cc3c2c1.Cl.Cl.Oc1ccc2ccccc2c1.[CH2-]C.[CH2-]C.[Si]=[Ti]. The van der Waals surface area contributed by atoms with Crippen LogP contribution < -0.4 is 9.47 Å². The number of aromatic hydroxyl groups is 1. The zero-order chi connectivity index (χ0) is 25.5. The van der Waals surface area contributed by atoms with E-state index in [-0.39, 0.29) is 24.8 Å². The Morgan fingerprint density at radius 3 is 1.56 bits per heavy atom. The molecular weight excluding hydrogens is 543 g/mol. The van der Waals surface area contributed by atoms with Gasteiger partial charge in [-0.1, -0.05) is 54.6 Å². The molecule has 0 aliphatic rings. The molecule has 0 spiro atoms. The van der Waals surface area contributed by atoms with Gasteiger partial charge in [-0.25, -0.2) is 0 Å². The standard InChI is InChI=1S/C15H13O2.C10H8O.2C2H5.2ClH.Si.Ti/c1-16-12-5-3-10-7-11-4-6-13(17-2)9-15(11)14(10)8-12;11-10-6-5-8-3-1-2-4-9(8)7-10;2*1-2;;;;/h3-9H,1-2H3;1-7,11H;2*1H2,2H3;2*1H;;/q-1;;2*-1;;;;. The van der Waals surface area contributed by atoms with Crippen molar-refractivity contribution < 1.29 is 33.8 Å². The third-order valence-corrected chi connectivity index (χ3v) is 4.86. The van der Waals surface area contributed by atoms with Gasteiger partial charge in [0.15, 0.2) is 0 Å². The Morgan fingerprint density at radius 2 is 1.11 bits per heavy atom. The minimum atomic E-state index is 0.